The summed E-state index contributed by atoms with van der Waals surface area (Å²) in [5.74, 6) is 0.886. The highest BCUT2D eigenvalue weighted by Crippen LogP contribution is 2.35. The van der Waals surface area contributed by atoms with Crippen molar-refractivity contribution in [2.75, 3.05) is 26.8 Å². The number of aliphatic hydroxyl groups excluding tert-OH is 1. The fourth-order valence-corrected chi connectivity index (χ4v) is 4.10. The molecular weight excluding hydrogens is 304 g/mol. The first-order chi connectivity index (χ1) is 11.7. The number of rotatable bonds is 3. The first-order valence-electron chi connectivity index (χ1n) is 8.89. The number of hydrogen-bond donors (Lipinski definition) is 2. The van der Waals surface area contributed by atoms with Gasteiger partial charge >= 0.3 is 0 Å². The van der Waals surface area contributed by atoms with Crippen LogP contribution in [0.4, 0.5) is 0 Å². The van der Waals surface area contributed by atoms with E-state index in [9.17, 15) is 5.11 Å². The molecule has 3 heterocycles. The van der Waals surface area contributed by atoms with E-state index in [-0.39, 0.29) is 11.7 Å². The van der Waals surface area contributed by atoms with Crippen molar-refractivity contribution in [3.8, 4) is 5.75 Å². The highest BCUT2D eigenvalue weighted by Gasteiger charge is 2.43. The summed E-state index contributed by atoms with van der Waals surface area (Å²) in [5, 5.41) is 11.5. The number of nitrogens with zero attached hydrogens (tertiary/aromatic N) is 1. The smallest absolute Gasteiger partial charge is 0.119 e. The van der Waals surface area contributed by atoms with Gasteiger partial charge in [0.05, 0.1) is 18.8 Å². The number of fused-ring (bicyclic) bond motifs is 1. The number of nitrogens with one attached hydrogen (secondary N) is 1. The van der Waals surface area contributed by atoms with Crippen molar-refractivity contribution in [2.45, 2.75) is 43.9 Å². The summed E-state index contributed by atoms with van der Waals surface area (Å²) in [6.07, 6.45) is 3.40. The molecule has 0 saturated carbocycles. The molecule has 2 N–H and O–H groups in total. The van der Waals surface area contributed by atoms with E-state index < -0.39 is 0 Å². The summed E-state index contributed by atoms with van der Waals surface area (Å²) in [5.41, 5.74) is 2.08. The van der Waals surface area contributed by atoms with Gasteiger partial charge in [-0.1, -0.05) is 0 Å². The van der Waals surface area contributed by atoms with Gasteiger partial charge in [-0.25, -0.2) is 0 Å². The fourth-order valence-electron chi connectivity index (χ4n) is 4.10. The fraction of sp³-hybridized carbons (Fsp3) is 0.579. The van der Waals surface area contributed by atoms with Crippen molar-refractivity contribution >= 4 is 10.9 Å². The summed E-state index contributed by atoms with van der Waals surface area (Å²) in [4.78, 5) is 5.94. The molecule has 2 saturated heterocycles. The third-order valence-corrected chi connectivity index (χ3v) is 5.60. The molecule has 0 radical (unpaired) electrons. The Kier molecular flexibility index (Phi) is 4.24. The Morgan fingerprint density at radius 3 is 2.92 bits per heavy atom. The van der Waals surface area contributed by atoms with Crippen LogP contribution in [0.3, 0.4) is 0 Å². The van der Waals surface area contributed by atoms with Crippen molar-refractivity contribution < 1.29 is 14.6 Å². The van der Waals surface area contributed by atoms with Gasteiger partial charge < -0.3 is 19.6 Å². The van der Waals surface area contributed by atoms with Gasteiger partial charge in [-0.15, -0.1) is 0 Å². The van der Waals surface area contributed by atoms with Crippen molar-refractivity contribution in [1.29, 1.82) is 0 Å². The molecule has 2 aromatic rings. The number of aromatic amines is 1. The van der Waals surface area contributed by atoms with Crippen molar-refractivity contribution in [1.82, 2.24) is 9.88 Å². The van der Waals surface area contributed by atoms with E-state index in [4.69, 9.17) is 9.47 Å². The Hall–Kier alpha value is -1.56. The van der Waals surface area contributed by atoms with E-state index in [1.807, 2.05) is 6.07 Å². The van der Waals surface area contributed by atoms with E-state index in [0.29, 0.717) is 0 Å². The van der Waals surface area contributed by atoms with Gasteiger partial charge in [0.25, 0.3) is 0 Å². The van der Waals surface area contributed by atoms with Crippen LogP contribution in [0.25, 0.3) is 10.9 Å². The van der Waals surface area contributed by atoms with E-state index >= 15 is 0 Å². The number of aliphatic hydroxyl groups is 1. The van der Waals surface area contributed by atoms with E-state index in [0.717, 1.165) is 63.2 Å². The Labute approximate surface area is 142 Å². The first kappa shape index (κ1) is 15.9. The van der Waals surface area contributed by atoms with Crippen LogP contribution in [-0.4, -0.2) is 53.5 Å². The predicted molar refractivity (Wildman–Crippen MR) is 93.3 cm³/mol. The standard InChI is InChI=1S/C19H26N2O3/c1-23-16-4-5-17-14(12-16)11-15(20-17)13-21-8-6-19(7-9-21)18(22)3-2-10-24-19/h4-5,11-12,18,20,22H,2-3,6-10,13H2,1H3. The number of methoxy groups -OCH3 is 1. The molecule has 1 aromatic carbocycles. The lowest BCUT2D eigenvalue weighted by atomic mass is 9.82. The van der Waals surface area contributed by atoms with Gasteiger partial charge in [-0.2, -0.15) is 0 Å². The molecule has 1 unspecified atom stereocenters. The summed E-state index contributed by atoms with van der Waals surface area (Å²) in [6.45, 7) is 3.63. The Bertz CT molecular complexity index is 704. The van der Waals surface area contributed by atoms with Crippen molar-refractivity contribution in [3.05, 3.63) is 30.0 Å². The lowest BCUT2D eigenvalue weighted by Gasteiger charge is -2.46. The molecule has 1 atom stereocenters. The van der Waals surface area contributed by atoms with Crippen LogP contribution in [0.15, 0.2) is 24.3 Å². The molecule has 1 spiro atoms. The molecule has 0 aliphatic carbocycles. The van der Waals surface area contributed by atoms with Crippen LogP contribution in [0, 0.1) is 0 Å². The van der Waals surface area contributed by atoms with Gasteiger partial charge in [0, 0.05) is 42.8 Å². The third-order valence-electron chi connectivity index (χ3n) is 5.60. The Morgan fingerprint density at radius 1 is 1.33 bits per heavy atom. The number of piperidine rings is 1. The predicted octanol–water partition coefficient (Wildman–Crippen LogP) is 2.68. The molecule has 5 heteroatoms. The number of aromatic nitrogens is 1. The molecule has 2 aliphatic heterocycles. The topological polar surface area (TPSA) is 57.7 Å². The maximum absolute atomic E-state index is 10.3. The number of benzene rings is 1. The Balaban J connectivity index is 1.41. The van der Waals surface area contributed by atoms with Gasteiger partial charge in [0.1, 0.15) is 5.75 Å². The number of H-pyrrole nitrogens is 1. The van der Waals surface area contributed by atoms with Crippen LogP contribution in [0.2, 0.25) is 0 Å². The van der Waals surface area contributed by atoms with Crippen molar-refractivity contribution in [2.24, 2.45) is 0 Å². The lowest BCUT2D eigenvalue weighted by molar-refractivity contribution is -0.177. The van der Waals surface area contributed by atoms with E-state index in [1.54, 1.807) is 7.11 Å². The number of likely N-dealkylation sites (tertiary alicyclic amines) is 1. The SMILES string of the molecule is COc1ccc2[nH]c(CN3CCC4(CC3)OCCCC4O)cc2c1. The average molecular weight is 330 g/mol. The first-order valence-corrected chi connectivity index (χ1v) is 8.89. The second-order valence-electron chi connectivity index (χ2n) is 7.10. The van der Waals surface area contributed by atoms with Crippen LogP contribution < -0.4 is 4.74 Å². The number of hydrogen-bond acceptors (Lipinski definition) is 4. The summed E-state index contributed by atoms with van der Waals surface area (Å²) >= 11 is 0. The average Bonchev–Trinajstić information content (AvgIpc) is 3.01. The van der Waals surface area contributed by atoms with Gasteiger partial charge in [-0.05, 0) is 49.9 Å². The molecule has 24 heavy (non-hydrogen) atoms. The lowest BCUT2D eigenvalue weighted by Crippen LogP contribution is -2.55. The van der Waals surface area contributed by atoms with Crippen molar-refractivity contribution in [3.63, 3.8) is 0 Å². The van der Waals surface area contributed by atoms with Crippen LogP contribution >= 0.6 is 0 Å². The summed E-state index contributed by atoms with van der Waals surface area (Å²) in [7, 11) is 1.69. The molecule has 0 bridgehead atoms. The zero-order valence-electron chi connectivity index (χ0n) is 14.3. The van der Waals surface area contributed by atoms with E-state index in [1.165, 1.54) is 11.1 Å². The van der Waals surface area contributed by atoms with Crippen LogP contribution in [-0.2, 0) is 11.3 Å². The second kappa shape index (κ2) is 6.39. The molecule has 1 aromatic heterocycles. The minimum absolute atomic E-state index is 0.289. The third kappa shape index (κ3) is 2.92. The summed E-state index contributed by atoms with van der Waals surface area (Å²) in [6, 6.07) is 8.31. The largest absolute Gasteiger partial charge is 0.497 e. The second-order valence-corrected chi connectivity index (χ2v) is 7.10. The van der Waals surface area contributed by atoms with Gasteiger partial charge in [-0.3, -0.25) is 4.90 Å². The van der Waals surface area contributed by atoms with Crippen LogP contribution in [0.5, 0.6) is 5.75 Å². The zero-order valence-corrected chi connectivity index (χ0v) is 14.3. The molecule has 2 aliphatic rings. The highest BCUT2D eigenvalue weighted by molar-refractivity contribution is 5.81. The van der Waals surface area contributed by atoms with Gasteiger partial charge in [0.15, 0.2) is 0 Å². The Morgan fingerprint density at radius 2 is 2.17 bits per heavy atom. The minimum Gasteiger partial charge on any atom is -0.497 e. The highest BCUT2D eigenvalue weighted by atomic mass is 16.5. The normalized spacial score (nSPS) is 24.5. The van der Waals surface area contributed by atoms with E-state index in [2.05, 4.69) is 28.1 Å². The quantitative estimate of drug-likeness (QED) is 0.908. The van der Waals surface area contributed by atoms with Crippen LogP contribution in [0.1, 0.15) is 31.4 Å². The molecule has 4 rings (SSSR count). The minimum atomic E-state index is -0.297. The molecule has 130 valence electrons. The summed E-state index contributed by atoms with van der Waals surface area (Å²) < 4.78 is 11.3. The van der Waals surface area contributed by atoms with Gasteiger partial charge in [0.2, 0.25) is 0 Å². The molecular formula is C19H26N2O3. The zero-order chi connectivity index (χ0) is 16.6. The maximum Gasteiger partial charge on any atom is 0.119 e. The molecule has 2 fully saturated rings. The molecule has 0 amide bonds. The maximum atomic E-state index is 10.3. The number of ether oxygens (including phenoxy) is 2. The molecule has 5 nitrogen and oxygen atoms in total. The monoisotopic (exact) mass is 330 g/mol.